The second kappa shape index (κ2) is 22.3. The van der Waals surface area contributed by atoms with Gasteiger partial charge in [-0.1, -0.05) is 96.8 Å². The molecule has 3 aromatic rings. The predicted molar refractivity (Wildman–Crippen MR) is 186 cm³/mol. The van der Waals surface area contributed by atoms with Gasteiger partial charge in [0.05, 0.1) is 13.1 Å². The van der Waals surface area contributed by atoms with E-state index < -0.39 is 110 Å². The summed E-state index contributed by atoms with van der Waals surface area (Å²) in [6.45, 7) is 0.134. The van der Waals surface area contributed by atoms with Crippen LogP contribution in [0.5, 0.6) is 0 Å². The lowest BCUT2D eigenvalue weighted by molar-refractivity contribution is 0.380. The van der Waals surface area contributed by atoms with Crippen molar-refractivity contribution in [3.63, 3.8) is 0 Å². The molecule has 1 heterocycles. The Bertz CT molecular complexity index is 1620. The van der Waals surface area contributed by atoms with Crippen molar-refractivity contribution in [1.29, 1.82) is 0 Å². The Kier molecular flexibility index (Phi) is 18.6. The molecular formula is C38H41BF15N3. The van der Waals surface area contributed by atoms with Crippen molar-refractivity contribution in [2.45, 2.75) is 110 Å². The Hall–Kier alpha value is -3.90. The van der Waals surface area contributed by atoms with E-state index in [0.717, 1.165) is 25.3 Å². The van der Waals surface area contributed by atoms with Crippen molar-refractivity contribution >= 4 is 28.9 Å². The van der Waals surface area contributed by atoms with Crippen molar-refractivity contribution in [1.82, 2.24) is 5.01 Å². The highest BCUT2D eigenvalue weighted by atomic mass is 19.2. The second-order valence-electron chi connectivity index (χ2n) is 13.6. The van der Waals surface area contributed by atoms with E-state index in [0.29, 0.717) is 0 Å². The standard InChI is InChI=1S/C20H41N3.C18BF15/c1-2-3-4-5-6-7-8-9-10-11-12-13-14-15-16-17-20-22-18-19-23(20)21;20-4-1(5(21)11(27)16(32)10(4)26)19(2-6(22)12(28)17(33)13(29)7(2)23)3-8(24)14(30)18(34)15(31)9(3)25/h2-19,21H2,1H3;. The van der Waals surface area contributed by atoms with Gasteiger partial charge in [-0.3, -0.25) is 10.0 Å². The Morgan fingerprint density at radius 1 is 0.404 bits per heavy atom. The average Bonchev–Trinajstić information content (AvgIpc) is 3.61. The van der Waals surface area contributed by atoms with Gasteiger partial charge in [0.2, 0.25) is 0 Å². The van der Waals surface area contributed by atoms with Crippen LogP contribution >= 0.6 is 0 Å². The van der Waals surface area contributed by atoms with Crippen LogP contribution in [0.3, 0.4) is 0 Å². The number of unbranched alkanes of at least 4 members (excludes halogenated alkanes) is 14. The van der Waals surface area contributed by atoms with Gasteiger partial charge < -0.3 is 0 Å². The molecule has 0 aliphatic carbocycles. The summed E-state index contributed by atoms with van der Waals surface area (Å²) in [6, 6.07) is 0. The number of amidine groups is 1. The summed E-state index contributed by atoms with van der Waals surface area (Å²) in [4.78, 5) is 4.44. The second-order valence-corrected chi connectivity index (χ2v) is 13.6. The molecule has 0 saturated heterocycles. The van der Waals surface area contributed by atoms with Crippen LogP contribution in [-0.2, 0) is 0 Å². The van der Waals surface area contributed by atoms with Gasteiger partial charge >= 0.3 is 0 Å². The molecule has 0 aromatic heterocycles. The van der Waals surface area contributed by atoms with Crippen LogP contribution in [-0.4, -0.2) is 30.6 Å². The first-order chi connectivity index (χ1) is 27.0. The fraction of sp³-hybridized carbons (Fsp3) is 0.500. The van der Waals surface area contributed by atoms with Gasteiger partial charge in [-0.05, 0) is 6.42 Å². The molecule has 0 fully saturated rings. The Morgan fingerprint density at radius 2 is 0.649 bits per heavy atom. The summed E-state index contributed by atoms with van der Waals surface area (Å²) in [6.07, 6.45) is 22.3. The van der Waals surface area contributed by atoms with E-state index in [1.165, 1.54) is 96.3 Å². The summed E-state index contributed by atoms with van der Waals surface area (Å²) in [5.41, 5.74) is -8.03. The van der Waals surface area contributed by atoms with E-state index in [9.17, 15) is 65.9 Å². The third-order valence-corrected chi connectivity index (χ3v) is 9.57. The largest absolute Gasteiger partial charge is 0.297 e. The van der Waals surface area contributed by atoms with Gasteiger partial charge in [-0.25, -0.2) is 71.7 Å². The quantitative estimate of drug-likeness (QED) is 0.0327. The number of nitrogens with two attached hydrogens (primary N) is 1. The summed E-state index contributed by atoms with van der Waals surface area (Å²) >= 11 is 0. The minimum absolute atomic E-state index is 0.893. The average molecular weight is 836 g/mol. The summed E-state index contributed by atoms with van der Waals surface area (Å²) in [5, 5.41) is 1.82. The minimum Gasteiger partial charge on any atom is -0.297 e. The van der Waals surface area contributed by atoms with E-state index >= 15 is 0 Å². The van der Waals surface area contributed by atoms with Crippen LogP contribution in [0.25, 0.3) is 0 Å². The van der Waals surface area contributed by atoms with E-state index in [1.807, 2.05) is 5.01 Å². The zero-order valence-electron chi connectivity index (χ0n) is 30.9. The van der Waals surface area contributed by atoms with Crippen molar-refractivity contribution in [2.75, 3.05) is 13.1 Å². The van der Waals surface area contributed by atoms with Gasteiger partial charge in [0.25, 0.3) is 6.71 Å². The van der Waals surface area contributed by atoms with Crippen LogP contribution in [0.2, 0.25) is 0 Å². The Morgan fingerprint density at radius 3 is 0.895 bits per heavy atom. The zero-order chi connectivity index (χ0) is 42.6. The van der Waals surface area contributed by atoms with Crippen LogP contribution in [0.1, 0.15) is 110 Å². The molecule has 0 radical (unpaired) electrons. The maximum absolute atomic E-state index is 14.4. The lowest BCUT2D eigenvalue weighted by atomic mass is 9.36. The van der Waals surface area contributed by atoms with Crippen LogP contribution in [0.15, 0.2) is 4.99 Å². The van der Waals surface area contributed by atoms with E-state index in [-0.39, 0.29) is 0 Å². The summed E-state index contributed by atoms with van der Waals surface area (Å²) in [7, 11) is 0. The molecule has 19 heteroatoms. The molecule has 57 heavy (non-hydrogen) atoms. The number of halogens is 15. The highest BCUT2D eigenvalue weighted by Crippen LogP contribution is 2.24. The van der Waals surface area contributed by atoms with Crippen LogP contribution in [0.4, 0.5) is 65.9 Å². The normalized spacial score (nSPS) is 12.6. The first-order valence-corrected chi connectivity index (χ1v) is 18.6. The molecule has 3 nitrogen and oxygen atoms in total. The smallest absolute Gasteiger partial charge is 0.265 e. The van der Waals surface area contributed by atoms with E-state index in [1.54, 1.807) is 0 Å². The number of hydrogen-bond donors (Lipinski definition) is 1. The zero-order valence-corrected chi connectivity index (χ0v) is 30.9. The molecule has 0 bridgehead atoms. The van der Waals surface area contributed by atoms with Crippen molar-refractivity contribution in [3.05, 3.63) is 87.3 Å². The number of nitrogens with zero attached hydrogens (tertiary/aromatic N) is 2. The maximum atomic E-state index is 14.4. The van der Waals surface area contributed by atoms with Gasteiger partial charge in [-0.2, -0.15) is 0 Å². The number of benzene rings is 3. The molecule has 3 aromatic carbocycles. The van der Waals surface area contributed by atoms with Gasteiger partial charge in [-0.15, -0.1) is 0 Å². The van der Waals surface area contributed by atoms with Crippen molar-refractivity contribution < 1.29 is 65.9 Å². The molecule has 1 aliphatic heterocycles. The molecule has 0 amide bonds. The predicted octanol–water partition coefficient (Wildman–Crippen LogP) is 10.1. The molecule has 2 N–H and O–H groups in total. The van der Waals surface area contributed by atoms with E-state index in [4.69, 9.17) is 5.84 Å². The maximum Gasteiger partial charge on any atom is 0.265 e. The SMILES string of the molecule is CCCCCCCCCCCCCCCCCC1=NCCN1N.Fc1c(F)c(F)c(B(c2c(F)c(F)c(F)c(F)c2F)c2c(F)c(F)c(F)c(F)c2F)c(F)c1F. The molecule has 1 aliphatic rings. The number of rotatable bonds is 19. The number of aliphatic imine (C=N–C) groups is 1. The van der Waals surface area contributed by atoms with Crippen molar-refractivity contribution in [2.24, 2.45) is 10.8 Å². The first kappa shape index (κ1) is 47.5. The van der Waals surface area contributed by atoms with Crippen LogP contribution < -0.4 is 22.2 Å². The molecule has 0 atom stereocenters. The molecule has 0 unspecified atom stereocenters. The molecule has 316 valence electrons. The highest BCUT2D eigenvalue weighted by molar-refractivity contribution is 6.95. The lowest BCUT2D eigenvalue weighted by Crippen LogP contribution is -2.60. The van der Waals surface area contributed by atoms with Gasteiger partial charge in [0.1, 0.15) is 5.84 Å². The number of hydrazine groups is 1. The van der Waals surface area contributed by atoms with Crippen LogP contribution in [0, 0.1) is 87.3 Å². The molecular weight excluding hydrogens is 794 g/mol. The minimum atomic E-state index is -3.96. The summed E-state index contributed by atoms with van der Waals surface area (Å²) in [5.74, 6) is -38.3. The lowest BCUT2D eigenvalue weighted by Gasteiger charge is -2.21. The third-order valence-electron chi connectivity index (χ3n) is 9.57. The first-order valence-electron chi connectivity index (χ1n) is 18.6. The van der Waals surface area contributed by atoms with Crippen molar-refractivity contribution in [3.8, 4) is 0 Å². The number of hydrogen-bond acceptors (Lipinski definition) is 3. The highest BCUT2D eigenvalue weighted by Gasteiger charge is 2.45. The topological polar surface area (TPSA) is 41.6 Å². The van der Waals surface area contributed by atoms with E-state index in [2.05, 4.69) is 11.9 Å². The fourth-order valence-electron chi connectivity index (χ4n) is 6.44. The van der Waals surface area contributed by atoms with Gasteiger partial charge in [0, 0.05) is 22.8 Å². The molecule has 0 spiro atoms. The molecule has 0 saturated carbocycles. The third kappa shape index (κ3) is 11.4. The Labute approximate surface area is 320 Å². The van der Waals surface area contributed by atoms with Gasteiger partial charge in [0.15, 0.2) is 87.3 Å². The molecule has 4 rings (SSSR count). The Balaban J connectivity index is 0.000000331. The fourth-order valence-corrected chi connectivity index (χ4v) is 6.44. The monoisotopic (exact) mass is 835 g/mol. The summed E-state index contributed by atoms with van der Waals surface area (Å²) < 4.78 is 209.